The number of carbonyl (C=O) groups excluding carboxylic acids is 7. The third-order valence-electron chi connectivity index (χ3n) is 15.5. The number of nitrogens with zero attached hydrogens (tertiary/aromatic N) is 2. The van der Waals surface area contributed by atoms with Crippen molar-refractivity contribution in [2.45, 2.75) is 168 Å². The van der Waals surface area contributed by atoms with Crippen molar-refractivity contribution >= 4 is 105 Å². The molecule has 3 fully saturated rings. The van der Waals surface area contributed by atoms with E-state index in [9.17, 15) is 52.7 Å². The number of Topliss-reactive ketones (excluding diaryl/α,β-unsaturated/α-hetero) is 3. The summed E-state index contributed by atoms with van der Waals surface area (Å²) in [6.45, 7) is 13.7. The summed E-state index contributed by atoms with van der Waals surface area (Å²) in [4.78, 5) is 142. The van der Waals surface area contributed by atoms with E-state index in [-0.39, 0.29) is 81.7 Å². The largest absolute Gasteiger partial charge is 0.477 e. The van der Waals surface area contributed by atoms with Gasteiger partial charge in [-0.25, -0.2) is 14.4 Å². The minimum absolute atomic E-state index is 0.0116. The van der Waals surface area contributed by atoms with Gasteiger partial charge in [-0.2, -0.15) is 0 Å². The topological polar surface area (TPSA) is 342 Å². The SMILES string of the molecule is CC(C)(C)OC(=O)NCc1ccc(Cl)cc1CCC(=O)[C@@H]1CCCN1.CC(C)(C)OC(=O)NCc1ccc(Cl)cc1CCC(=O)[C@@H]1CCCN1C(=O)c1cccc(=O)[nH]1.ClCCl.NCc1ccc(Cl)cc1CCC(=O)[C@@H]1CCCN1C(=O)c1cccc(=O)[nH]1.O=C(O)c1cccc(=O)[nH]1. The summed E-state index contributed by atoms with van der Waals surface area (Å²) >= 11 is 27.9. The third-order valence-corrected chi connectivity index (χ3v) is 16.2. The lowest BCUT2D eigenvalue weighted by atomic mass is 9.98. The number of nitrogens with two attached hydrogens (primary N) is 1. The second-order valence-electron chi connectivity index (χ2n) is 25.2. The smallest absolute Gasteiger partial charge is 0.407 e. The highest BCUT2D eigenvalue weighted by atomic mass is 35.5. The molecule has 3 saturated heterocycles. The Morgan fingerprint density at radius 2 is 0.879 bits per heavy atom. The number of benzene rings is 3. The van der Waals surface area contributed by atoms with Gasteiger partial charge in [0.15, 0.2) is 11.6 Å². The first-order chi connectivity index (χ1) is 46.9. The highest BCUT2D eigenvalue weighted by molar-refractivity contribution is 6.40. The minimum Gasteiger partial charge on any atom is -0.477 e. The summed E-state index contributed by atoms with van der Waals surface area (Å²) in [5, 5.41) is 19.0. The van der Waals surface area contributed by atoms with E-state index < -0.39 is 47.0 Å². The molecule has 6 aromatic rings. The summed E-state index contributed by atoms with van der Waals surface area (Å²) in [5.41, 5.74) is 9.36. The third kappa shape index (κ3) is 28.2. The number of ketones is 3. The molecule has 534 valence electrons. The zero-order valence-electron chi connectivity index (χ0n) is 56.2. The van der Waals surface area contributed by atoms with E-state index in [2.05, 4.69) is 30.9 Å². The Hall–Kier alpha value is -8.16. The van der Waals surface area contributed by atoms with Crippen molar-refractivity contribution in [2.75, 3.05) is 25.0 Å². The summed E-state index contributed by atoms with van der Waals surface area (Å²) in [7, 11) is 0. The normalized spacial score (nSPS) is 15.4. The van der Waals surface area contributed by atoms with Crippen LogP contribution in [0.15, 0.2) is 124 Å². The Morgan fingerprint density at radius 1 is 0.515 bits per heavy atom. The average molecular weight is 1470 g/mol. The number of amides is 4. The molecule has 4 amide bonds. The number of likely N-dealkylation sites (tertiary alicyclic amines) is 2. The van der Waals surface area contributed by atoms with Gasteiger partial charge in [0.2, 0.25) is 16.7 Å². The van der Waals surface area contributed by atoms with Crippen molar-refractivity contribution in [3.05, 3.63) is 206 Å². The van der Waals surface area contributed by atoms with E-state index in [0.717, 1.165) is 65.6 Å². The number of rotatable bonds is 20. The van der Waals surface area contributed by atoms with Crippen molar-refractivity contribution in [1.29, 1.82) is 0 Å². The Morgan fingerprint density at radius 3 is 1.22 bits per heavy atom. The quantitative estimate of drug-likeness (QED) is 0.0329. The van der Waals surface area contributed by atoms with Crippen LogP contribution in [0.3, 0.4) is 0 Å². The summed E-state index contributed by atoms with van der Waals surface area (Å²) < 4.78 is 10.5. The van der Waals surface area contributed by atoms with Gasteiger partial charge >= 0.3 is 18.2 Å². The number of pyridine rings is 3. The predicted molar refractivity (Wildman–Crippen MR) is 382 cm³/mol. The van der Waals surface area contributed by atoms with Crippen LogP contribution >= 0.6 is 58.0 Å². The molecule has 3 atom stereocenters. The minimum atomic E-state index is -1.13. The molecule has 3 aromatic heterocycles. The highest BCUT2D eigenvalue weighted by Crippen LogP contribution is 2.27. The van der Waals surface area contributed by atoms with Crippen LogP contribution in [0.1, 0.15) is 164 Å². The first-order valence-corrected chi connectivity index (χ1v) is 34.4. The Bertz CT molecular complexity index is 3940. The van der Waals surface area contributed by atoms with Gasteiger partial charge in [0.1, 0.15) is 34.1 Å². The molecule has 3 aliphatic rings. The van der Waals surface area contributed by atoms with Crippen LogP contribution in [0.5, 0.6) is 0 Å². The second kappa shape index (κ2) is 40.2. The first-order valence-electron chi connectivity index (χ1n) is 32.2. The molecule has 0 aliphatic carbocycles. The van der Waals surface area contributed by atoms with Gasteiger partial charge in [0.25, 0.3) is 11.8 Å². The number of carbonyl (C=O) groups is 8. The molecule has 0 unspecified atom stereocenters. The van der Waals surface area contributed by atoms with E-state index in [4.69, 9.17) is 78.3 Å². The van der Waals surface area contributed by atoms with Gasteiger partial charge < -0.3 is 61.0 Å². The van der Waals surface area contributed by atoms with E-state index in [0.29, 0.717) is 86.2 Å². The van der Waals surface area contributed by atoms with E-state index >= 15 is 0 Å². The number of nitrogens with one attached hydrogen (secondary N) is 6. The molecular formula is C71H86Cl5N9O14. The number of carboxylic acid groups (broad SMARTS) is 1. The second-order valence-corrected chi connectivity index (χ2v) is 27.3. The molecule has 3 aliphatic heterocycles. The Balaban J connectivity index is 0.000000247. The van der Waals surface area contributed by atoms with Crippen molar-refractivity contribution in [3.8, 4) is 0 Å². The van der Waals surface area contributed by atoms with Crippen molar-refractivity contribution in [3.63, 3.8) is 0 Å². The average Bonchev–Trinajstić information content (AvgIpc) is 1.77. The maximum absolute atomic E-state index is 13.1. The van der Waals surface area contributed by atoms with Crippen LogP contribution in [0, 0.1) is 0 Å². The number of ether oxygens (including phenoxy) is 2. The molecule has 23 nitrogen and oxygen atoms in total. The molecule has 6 heterocycles. The standard InChI is InChI=1S/C25H30ClN3O5.C20H22ClN3O3.C19H27ClN2O3.C6H5NO3.CH2Cl2/c1-25(2,3)34-24(33)27-15-17-9-11-18(26)14-16(17)10-12-21(30)20-7-5-13-29(20)23(32)19-6-4-8-22(31)28-19;21-15-8-6-14(12-22)13(11-15)7-9-18(25)17-4-2-10-24(17)20(27)16-3-1-5-19(26)23-16;1-19(2,3)25-18(24)22-12-14-6-8-15(20)11-13(14)7-9-17(23)16-5-4-10-21-16;8-5-3-1-2-4(7-5)6(9)10;2-1-3/h4,6,8-9,11,14,20H,5,7,10,12-13,15H2,1-3H3,(H,27,33)(H,28,31);1,3,5-6,8,11,17H,2,4,7,9-10,12,22H2,(H,23,26);6,8,11,16,21H,4-5,7,9-10,12H2,1-3H3,(H,22,24);1-3H,(H,7,8)(H,9,10);1H2/t20-;17-;16-;;/m000../s1. The molecule has 28 heteroatoms. The van der Waals surface area contributed by atoms with E-state index in [1.807, 2.05) is 51.1 Å². The Kier molecular flexibility index (Phi) is 33.1. The van der Waals surface area contributed by atoms with E-state index in [1.165, 1.54) is 47.4 Å². The first kappa shape index (κ1) is 81.5. The maximum Gasteiger partial charge on any atom is 0.407 e. The maximum atomic E-state index is 13.1. The fourth-order valence-corrected chi connectivity index (χ4v) is 11.5. The number of aromatic carboxylic acids is 1. The highest BCUT2D eigenvalue weighted by Gasteiger charge is 2.36. The fraction of sp³-hybridized carbons (Fsp3) is 0.423. The zero-order chi connectivity index (χ0) is 73.0. The zero-order valence-corrected chi connectivity index (χ0v) is 60.0. The number of aromatic amines is 3. The van der Waals surface area contributed by atoms with Crippen LogP contribution in [0.2, 0.25) is 15.1 Å². The number of halogens is 5. The summed E-state index contributed by atoms with van der Waals surface area (Å²) in [5.74, 6) is -1.58. The van der Waals surface area contributed by atoms with Crippen molar-refractivity contribution in [1.82, 2.24) is 40.7 Å². The number of carboxylic acids is 1. The van der Waals surface area contributed by atoms with E-state index in [1.54, 1.807) is 62.1 Å². The van der Waals surface area contributed by atoms with Gasteiger partial charge in [-0.1, -0.05) is 71.2 Å². The van der Waals surface area contributed by atoms with Gasteiger partial charge in [-0.3, -0.25) is 38.4 Å². The van der Waals surface area contributed by atoms with Gasteiger partial charge in [-0.15, -0.1) is 23.2 Å². The number of aromatic nitrogens is 3. The van der Waals surface area contributed by atoms with Crippen LogP contribution < -0.4 is 38.4 Å². The van der Waals surface area contributed by atoms with Gasteiger partial charge in [0.05, 0.1) is 23.5 Å². The van der Waals surface area contributed by atoms with Crippen LogP contribution in [-0.4, -0.2) is 131 Å². The lowest BCUT2D eigenvalue weighted by Gasteiger charge is -2.24. The molecule has 0 saturated carbocycles. The number of hydrogen-bond donors (Lipinski definition) is 8. The number of hydrogen-bond acceptors (Lipinski definition) is 15. The molecule has 9 N–H and O–H groups in total. The molecular weight excluding hydrogens is 1380 g/mol. The molecule has 99 heavy (non-hydrogen) atoms. The van der Waals surface area contributed by atoms with Crippen LogP contribution in [-0.2, 0) is 62.8 Å². The lowest BCUT2D eigenvalue weighted by Crippen LogP contribution is -2.41. The predicted octanol–water partition coefficient (Wildman–Crippen LogP) is 11.3. The summed E-state index contributed by atoms with van der Waals surface area (Å²) in [6, 6.07) is 28.2. The number of alkyl halides is 2. The Labute approximate surface area is 599 Å². The van der Waals surface area contributed by atoms with Crippen molar-refractivity contribution in [2.24, 2.45) is 5.73 Å². The number of H-pyrrole nitrogens is 3. The monoisotopic (exact) mass is 1460 g/mol. The number of aryl methyl sites for hydroxylation is 3. The molecule has 0 radical (unpaired) electrons. The molecule has 0 bridgehead atoms. The van der Waals surface area contributed by atoms with Crippen LogP contribution in [0.4, 0.5) is 9.59 Å². The molecule has 3 aromatic carbocycles. The summed E-state index contributed by atoms with van der Waals surface area (Å²) in [6.07, 6.45) is 6.28. The molecule has 0 spiro atoms. The van der Waals surface area contributed by atoms with Crippen LogP contribution in [0.25, 0.3) is 0 Å². The van der Waals surface area contributed by atoms with Crippen molar-refractivity contribution < 1.29 is 52.9 Å². The lowest BCUT2D eigenvalue weighted by molar-refractivity contribution is -0.123. The van der Waals surface area contributed by atoms with Gasteiger partial charge in [0, 0.05) is 85.3 Å². The number of alkyl carbamates (subject to hydrolysis) is 2. The fourth-order valence-electron chi connectivity index (χ4n) is 10.9. The molecule has 9 rings (SSSR count). The van der Waals surface area contributed by atoms with Gasteiger partial charge in [-0.05, 0) is 194 Å².